The van der Waals surface area contributed by atoms with Crippen LogP contribution in [0.2, 0.25) is 5.02 Å². The molecular weight excluding hydrogens is 351 g/mol. The molecule has 0 radical (unpaired) electrons. The Hall–Kier alpha value is -1.17. The van der Waals surface area contributed by atoms with Crippen molar-refractivity contribution >= 4 is 56.1 Å². The molecule has 0 unspecified atom stereocenters. The highest BCUT2D eigenvalue weighted by Gasteiger charge is 2.12. The molecule has 0 bridgehead atoms. The van der Waals surface area contributed by atoms with Crippen molar-refractivity contribution in [2.75, 3.05) is 5.32 Å². The van der Waals surface area contributed by atoms with Gasteiger partial charge < -0.3 is 11.1 Å². The van der Waals surface area contributed by atoms with Crippen molar-refractivity contribution < 1.29 is 4.39 Å². The average Bonchev–Trinajstić information content (AvgIpc) is 2.34. The lowest BCUT2D eigenvalue weighted by atomic mass is 10.1. The van der Waals surface area contributed by atoms with Crippen LogP contribution < -0.4 is 11.1 Å². The van der Waals surface area contributed by atoms with Crippen LogP contribution in [0.3, 0.4) is 0 Å². The molecule has 0 aromatic heterocycles. The minimum Gasteiger partial charge on any atom is -0.389 e. The molecule has 0 amide bonds. The minimum atomic E-state index is -0.462. The highest BCUT2D eigenvalue weighted by atomic mass is 79.9. The number of benzene rings is 2. The first-order valence-corrected chi connectivity index (χ1v) is 6.88. The number of anilines is 2. The van der Waals surface area contributed by atoms with Crippen molar-refractivity contribution in [2.45, 2.75) is 0 Å². The van der Waals surface area contributed by atoms with Gasteiger partial charge in [-0.15, -0.1) is 0 Å². The molecule has 0 fully saturated rings. The summed E-state index contributed by atoms with van der Waals surface area (Å²) in [7, 11) is 0. The fourth-order valence-corrected chi connectivity index (χ4v) is 2.37. The number of nitrogens with two attached hydrogens (primary N) is 1. The zero-order valence-electron chi connectivity index (χ0n) is 9.58. The quantitative estimate of drug-likeness (QED) is 0.785. The SMILES string of the molecule is NC(=S)c1c(F)cccc1Nc1cccc(Cl)c1Br. The van der Waals surface area contributed by atoms with E-state index in [-0.39, 0.29) is 10.6 Å². The van der Waals surface area contributed by atoms with E-state index in [0.717, 1.165) is 0 Å². The van der Waals surface area contributed by atoms with Crippen LogP contribution in [0.4, 0.5) is 15.8 Å². The zero-order valence-corrected chi connectivity index (χ0v) is 12.7. The van der Waals surface area contributed by atoms with Gasteiger partial charge in [-0.05, 0) is 40.2 Å². The summed E-state index contributed by atoms with van der Waals surface area (Å²) in [6, 6.07) is 9.94. The molecular formula is C13H9BrClFN2S. The second-order valence-electron chi connectivity index (χ2n) is 3.75. The Labute approximate surface area is 128 Å². The highest BCUT2D eigenvalue weighted by Crippen LogP contribution is 2.33. The van der Waals surface area contributed by atoms with Crippen LogP contribution in [0.15, 0.2) is 40.9 Å². The standard InChI is InChI=1S/C13H9BrClFN2S/c14-12-7(15)3-1-6-10(12)18-9-5-2-4-8(16)11(9)13(17)19/h1-6,18H,(H2,17,19). The monoisotopic (exact) mass is 358 g/mol. The zero-order chi connectivity index (χ0) is 14.0. The third-order valence-electron chi connectivity index (χ3n) is 2.48. The molecule has 6 heteroatoms. The van der Waals surface area contributed by atoms with Gasteiger partial charge in [0, 0.05) is 0 Å². The summed E-state index contributed by atoms with van der Waals surface area (Å²) >= 11 is 14.2. The summed E-state index contributed by atoms with van der Waals surface area (Å²) in [6.45, 7) is 0. The molecule has 2 aromatic rings. The number of hydrogen-bond acceptors (Lipinski definition) is 2. The predicted molar refractivity (Wildman–Crippen MR) is 84.7 cm³/mol. The maximum Gasteiger partial charge on any atom is 0.135 e. The van der Waals surface area contributed by atoms with Crippen LogP contribution in [0.25, 0.3) is 0 Å². The fraction of sp³-hybridized carbons (Fsp3) is 0. The molecule has 0 aliphatic rings. The summed E-state index contributed by atoms with van der Waals surface area (Å²) in [6.07, 6.45) is 0. The Kier molecular flexibility index (Phi) is 4.39. The van der Waals surface area contributed by atoms with Gasteiger partial charge >= 0.3 is 0 Å². The van der Waals surface area contributed by atoms with Crippen molar-refractivity contribution in [3.05, 3.63) is 57.3 Å². The van der Waals surface area contributed by atoms with Gasteiger partial charge in [0.1, 0.15) is 10.8 Å². The number of rotatable bonds is 3. The van der Waals surface area contributed by atoms with Crippen LogP contribution in [0.1, 0.15) is 5.56 Å². The van der Waals surface area contributed by atoms with Crippen molar-refractivity contribution in [2.24, 2.45) is 5.73 Å². The molecule has 0 aliphatic heterocycles. The van der Waals surface area contributed by atoms with Crippen LogP contribution in [0, 0.1) is 5.82 Å². The molecule has 0 aliphatic carbocycles. The third-order valence-corrected chi connectivity index (χ3v) is 4.08. The summed E-state index contributed by atoms with van der Waals surface area (Å²) < 4.78 is 14.4. The van der Waals surface area contributed by atoms with E-state index in [9.17, 15) is 4.39 Å². The van der Waals surface area contributed by atoms with Crippen molar-refractivity contribution in [1.82, 2.24) is 0 Å². The lowest BCUT2D eigenvalue weighted by Gasteiger charge is -2.13. The Morgan fingerprint density at radius 2 is 1.84 bits per heavy atom. The van der Waals surface area contributed by atoms with Gasteiger partial charge in [-0.3, -0.25) is 0 Å². The predicted octanol–water partition coefficient (Wildman–Crippen LogP) is 4.62. The van der Waals surface area contributed by atoms with Gasteiger partial charge in [0.2, 0.25) is 0 Å². The molecule has 0 saturated heterocycles. The molecule has 0 saturated carbocycles. The molecule has 19 heavy (non-hydrogen) atoms. The fourth-order valence-electron chi connectivity index (χ4n) is 1.62. The first-order chi connectivity index (χ1) is 9.00. The summed E-state index contributed by atoms with van der Waals surface area (Å²) in [4.78, 5) is -0.00116. The molecule has 0 spiro atoms. The van der Waals surface area contributed by atoms with Crippen LogP contribution in [0.5, 0.6) is 0 Å². The summed E-state index contributed by atoms with van der Waals surface area (Å²) in [5.41, 5.74) is 6.94. The lowest BCUT2D eigenvalue weighted by Crippen LogP contribution is -2.14. The van der Waals surface area contributed by atoms with E-state index in [1.165, 1.54) is 6.07 Å². The summed E-state index contributed by atoms with van der Waals surface area (Å²) in [5.74, 6) is -0.462. The number of halogens is 3. The van der Waals surface area contributed by atoms with Gasteiger partial charge in [-0.2, -0.15) is 0 Å². The second-order valence-corrected chi connectivity index (χ2v) is 5.39. The van der Waals surface area contributed by atoms with E-state index in [1.54, 1.807) is 24.3 Å². The van der Waals surface area contributed by atoms with Crippen molar-refractivity contribution in [3.63, 3.8) is 0 Å². The van der Waals surface area contributed by atoms with Crippen LogP contribution >= 0.6 is 39.7 Å². The Bertz CT molecular complexity index is 649. The van der Waals surface area contributed by atoms with Gasteiger partial charge in [0.05, 0.1) is 26.4 Å². The smallest absolute Gasteiger partial charge is 0.135 e. The van der Waals surface area contributed by atoms with E-state index >= 15 is 0 Å². The van der Waals surface area contributed by atoms with Gasteiger partial charge in [0.25, 0.3) is 0 Å². The van der Waals surface area contributed by atoms with E-state index in [1.807, 2.05) is 6.07 Å². The maximum absolute atomic E-state index is 13.7. The average molecular weight is 360 g/mol. The van der Waals surface area contributed by atoms with E-state index in [4.69, 9.17) is 29.6 Å². The van der Waals surface area contributed by atoms with Crippen LogP contribution in [-0.4, -0.2) is 4.99 Å². The first-order valence-electron chi connectivity index (χ1n) is 5.30. The number of thiocarbonyl (C=S) groups is 1. The van der Waals surface area contributed by atoms with Gasteiger partial charge in [-0.25, -0.2) is 4.39 Å². The van der Waals surface area contributed by atoms with Crippen molar-refractivity contribution in [1.29, 1.82) is 0 Å². The Morgan fingerprint density at radius 3 is 2.53 bits per heavy atom. The lowest BCUT2D eigenvalue weighted by molar-refractivity contribution is 0.626. The number of hydrogen-bond donors (Lipinski definition) is 2. The highest BCUT2D eigenvalue weighted by molar-refractivity contribution is 9.10. The molecule has 0 atom stereocenters. The Morgan fingerprint density at radius 1 is 1.21 bits per heavy atom. The topological polar surface area (TPSA) is 38.0 Å². The first kappa shape index (κ1) is 14.2. The summed E-state index contributed by atoms with van der Waals surface area (Å²) in [5, 5.41) is 3.62. The largest absolute Gasteiger partial charge is 0.389 e. The van der Waals surface area contributed by atoms with Gasteiger partial charge in [0.15, 0.2) is 0 Å². The molecule has 2 aromatic carbocycles. The molecule has 2 rings (SSSR count). The van der Waals surface area contributed by atoms with E-state index in [2.05, 4.69) is 21.2 Å². The second kappa shape index (κ2) is 5.86. The van der Waals surface area contributed by atoms with Gasteiger partial charge in [-0.1, -0.05) is 36.0 Å². The third kappa shape index (κ3) is 3.05. The molecule has 98 valence electrons. The molecule has 3 N–H and O–H groups in total. The molecule has 2 nitrogen and oxygen atoms in total. The van der Waals surface area contributed by atoms with Crippen molar-refractivity contribution in [3.8, 4) is 0 Å². The normalized spacial score (nSPS) is 10.3. The number of nitrogens with one attached hydrogen (secondary N) is 1. The van der Waals surface area contributed by atoms with E-state index in [0.29, 0.717) is 20.9 Å². The maximum atomic E-state index is 13.7. The van der Waals surface area contributed by atoms with Crippen LogP contribution in [-0.2, 0) is 0 Å². The van der Waals surface area contributed by atoms with E-state index < -0.39 is 5.82 Å². The molecule has 0 heterocycles. The minimum absolute atomic E-state index is 0.00116. The Balaban J connectivity index is 2.47.